The van der Waals surface area contributed by atoms with E-state index in [0.717, 1.165) is 38.5 Å². The van der Waals surface area contributed by atoms with E-state index in [1.54, 1.807) is 24.3 Å². The summed E-state index contributed by atoms with van der Waals surface area (Å²) < 4.78 is 10.9. The molecule has 0 aliphatic carbocycles. The van der Waals surface area contributed by atoms with Crippen LogP contribution >= 0.6 is 0 Å². The Morgan fingerprint density at radius 3 is 2.04 bits per heavy atom. The van der Waals surface area contributed by atoms with Gasteiger partial charge in [-0.25, -0.2) is 9.59 Å². The van der Waals surface area contributed by atoms with Crippen molar-refractivity contribution in [2.75, 3.05) is 6.61 Å². The van der Waals surface area contributed by atoms with Crippen molar-refractivity contribution >= 4 is 11.9 Å². The van der Waals surface area contributed by atoms with E-state index in [2.05, 4.69) is 13.8 Å². The number of rotatable bonds is 14. The minimum atomic E-state index is -0.453. The summed E-state index contributed by atoms with van der Waals surface area (Å²) in [6.07, 6.45) is 10.8. The first-order valence-electron chi connectivity index (χ1n) is 10.6. The minimum Gasteiger partial charge on any atom is -0.462 e. The Labute approximate surface area is 164 Å². The van der Waals surface area contributed by atoms with Crippen LogP contribution in [0.15, 0.2) is 24.3 Å². The number of hydrogen-bond acceptors (Lipinski definition) is 4. The number of carbonyl (C=O) groups excluding carboxylic acids is 2. The molecule has 0 N–H and O–H groups in total. The molecule has 152 valence electrons. The molecule has 1 aromatic rings. The summed E-state index contributed by atoms with van der Waals surface area (Å²) in [6, 6.07) is 6.73. The van der Waals surface area contributed by atoms with Crippen LogP contribution < -0.4 is 0 Å². The molecule has 0 spiro atoms. The topological polar surface area (TPSA) is 52.6 Å². The van der Waals surface area contributed by atoms with Gasteiger partial charge in [0.25, 0.3) is 0 Å². The van der Waals surface area contributed by atoms with Gasteiger partial charge in [0.05, 0.1) is 23.8 Å². The van der Waals surface area contributed by atoms with E-state index in [1.807, 2.05) is 6.92 Å². The average Bonchev–Trinajstić information content (AvgIpc) is 2.67. The number of carbonyl (C=O) groups is 2. The molecule has 0 aromatic heterocycles. The maximum atomic E-state index is 12.5. The lowest BCUT2D eigenvalue weighted by molar-refractivity contribution is 0.0307. The van der Waals surface area contributed by atoms with Gasteiger partial charge in [0.1, 0.15) is 0 Å². The number of esters is 2. The molecule has 4 nitrogen and oxygen atoms in total. The smallest absolute Gasteiger partial charge is 0.339 e. The highest BCUT2D eigenvalue weighted by Gasteiger charge is 2.20. The van der Waals surface area contributed by atoms with Gasteiger partial charge < -0.3 is 9.47 Å². The third-order valence-corrected chi connectivity index (χ3v) is 4.62. The Kier molecular flexibility index (Phi) is 12.2. The molecule has 0 bridgehead atoms. The molecule has 0 radical (unpaired) electrons. The lowest BCUT2D eigenvalue weighted by atomic mass is 10.1. The van der Waals surface area contributed by atoms with Crippen LogP contribution in [0, 0.1) is 0 Å². The molecule has 0 saturated carbocycles. The van der Waals surface area contributed by atoms with Crippen molar-refractivity contribution in [2.45, 2.75) is 91.1 Å². The summed E-state index contributed by atoms with van der Waals surface area (Å²) in [7, 11) is 0. The standard InChI is InChI=1S/C23H36O4/c1-4-6-8-9-10-14-18-26-22(24)20-16-12-13-17-21(20)23(25)27-19(3)15-11-7-5-2/h12-13,16-17,19H,4-11,14-15,18H2,1-3H3. The maximum absolute atomic E-state index is 12.5. The number of benzene rings is 1. The first-order chi connectivity index (χ1) is 13.1. The average molecular weight is 377 g/mol. The molecule has 0 fully saturated rings. The zero-order valence-corrected chi connectivity index (χ0v) is 17.3. The SMILES string of the molecule is CCCCCCCCOC(=O)c1ccccc1C(=O)OC(C)CCCCC. The van der Waals surface area contributed by atoms with Gasteiger partial charge in [-0.2, -0.15) is 0 Å². The highest BCUT2D eigenvalue weighted by atomic mass is 16.5. The molecule has 0 aliphatic rings. The van der Waals surface area contributed by atoms with Gasteiger partial charge in [0, 0.05) is 0 Å². The fraction of sp³-hybridized carbons (Fsp3) is 0.652. The van der Waals surface area contributed by atoms with Crippen molar-refractivity contribution in [1.29, 1.82) is 0 Å². The van der Waals surface area contributed by atoms with Crippen LogP contribution in [-0.4, -0.2) is 24.6 Å². The van der Waals surface area contributed by atoms with E-state index in [9.17, 15) is 9.59 Å². The van der Waals surface area contributed by atoms with Crippen LogP contribution in [0.1, 0.15) is 106 Å². The second-order valence-electron chi connectivity index (χ2n) is 7.16. The summed E-state index contributed by atoms with van der Waals surface area (Å²) in [4.78, 5) is 24.8. The quantitative estimate of drug-likeness (QED) is 0.281. The molecule has 0 saturated heterocycles. The molecule has 4 heteroatoms. The van der Waals surface area contributed by atoms with Gasteiger partial charge in [-0.3, -0.25) is 0 Å². The lowest BCUT2D eigenvalue weighted by Gasteiger charge is -2.14. The normalized spacial score (nSPS) is 11.8. The largest absolute Gasteiger partial charge is 0.462 e. The first-order valence-corrected chi connectivity index (χ1v) is 10.6. The second-order valence-corrected chi connectivity index (χ2v) is 7.16. The van der Waals surface area contributed by atoms with E-state index in [-0.39, 0.29) is 17.2 Å². The molecule has 1 atom stereocenters. The third-order valence-electron chi connectivity index (χ3n) is 4.62. The van der Waals surface area contributed by atoms with Gasteiger partial charge in [-0.15, -0.1) is 0 Å². The number of ether oxygens (including phenoxy) is 2. The molecular weight excluding hydrogens is 340 g/mol. The van der Waals surface area contributed by atoms with E-state index < -0.39 is 11.9 Å². The summed E-state index contributed by atoms with van der Waals surface area (Å²) in [5, 5.41) is 0. The van der Waals surface area contributed by atoms with Crippen LogP contribution in [-0.2, 0) is 9.47 Å². The summed E-state index contributed by atoms with van der Waals surface area (Å²) >= 11 is 0. The molecule has 1 rings (SSSR count). The summed E-state index contributed by atoms with van der Waals surface area (Å²) in [6.45, 7) is 6.62. The molecule has 1 aromatic carbocycles. The van der Waals surface area contributed by atoms with Crippen molar-refractivity contribution in [1.82, 2.24) is 0 Å². The van der Waals surface area contributed by atoms with Crippen molar-refractivity contribution < 1.29 is 19.1 Å². The molecule has 0 aliphatic heterocycles. The highest BCUT2D eigenvalue weighted by Crippen LogP contribution is 2.15. The maximum Gasteiger partial charge on any atom is 0.339 e. The Morgan fingerprint density at radius 1 is 0.815 bits per heavy atom. The van der Waals surface area contributed by atoms with Crippen LogP contribution in [0.2, 0.25) is 0 Å². The highest BCUT2D eigenvalue weighted by molar-refractivity contribution is 6.03. The predicted octanol–water partition coefficient (Wildman–Crippen LogP) is 6.33. The summed E-state index contributed by atoms with van der Waals surface area (Å²) in [5.41, 5.74) is 0.571. The van der Waals surface area contributed by atoms with Crippen molar-refractivity contribution in [3.63, 3.8) is 0 Å². The van der Waals surface area contributed by atoms with Gasteiger partial charge in [-0.05, 0) is 38.3 Å². The molecule has 1 unspecified atom stereocenters. The number of hydrogen-bond donors (Lipinski definition) is 0. The van der Waals surface area contributed by atoms with Crippen LogP contribution in [0.25, 0.3) is 0 Å². The van der Waals surface area contributed by atoms with E-state index in [1.165, 1.54) is 25.7 Å². The van der Waals surface area contributed by atoms with Crippen molar-refractivity contribution in [3.05, 3.63) is 35.4 Å². The van der Waals surface area contributed by atoms with Crippen LogP contribution in [0.4, 0.5) is 0 Å². The first kappa shape index (κ1) is 23.2. The number of unbranched alkanes of at least 4 members (excludes halogenated alkanes) is 7. The van der Waals surface area contributed by atoms with Crippen LogP contribution in [0.5, 0.6) is 0 Å². The summed E-state index contributed by atoms with van der Waals surface area (Å²) in [5.74, 6) is -0.902. The van der Waals surface area contributed by atoms with Crippen molar-refractivity contribution in [2.24, 2.45) is 0 Å². The monoisotopic (exact) mass is 376 g/mol. The van der Waals surface area contributed by atoms with Gasteiger partial charge >= 0.3 is 11.9 Å². The van der Waals surface area contributed by atoms with E-state index in [4.69, 9.17) is 9.47 Å². The third kappa shape index (κ3) is 9.60. The minimum absolute atomic E-state index is 0.156. The Bertz CT molecular complexity index is 553. The Balaban J connectivity index is 2.49. The molecule has 27 heavy (non-hydrogen) atoms. The molecule has 0 heterocycles. The van der Waals surface area contributed by atoms with E-state index >= 15 is 0 Å². The van der Waals surface area contributed by atoms with Gasteiger partial charge in [-0.1, -0.05) is 70.9 Å². The molecular formula is C23H36O4. The lowest BCUT2D eigenvalue weighted by Crippen LogP contribution is -2.18. The fourth-order valence-corrected chi connectivity index (χ4v) is 2.95. The molecule has 0 amide bonds. The van der Waals surface area contributed by atoms with E-state index in [0.29, 0.717) is 6.61 Å². The van der Waals surface area contributed by atoms with Gasteiger partial charge in [0.15, 0.2) is 0 Å². The zero-order chi connectivity index (χ0) is 19.9. The van der Waals surface area contributed by atoms with Crippen LogP contribution in [0.3, 0.4) is 0 Å². The van der Waals surface area contributed by atoms with Crippen molar-refractivity contribution in [3.8, 4) is 0 Å². The Morgan fingerprint density at radius 2 is 1.37 bits per heavy atom. The predicted molar refractivity (Wildman–Crippen MR) is 109 cm³/mol. The zero-order valence-electron chi connectivity index (χ0n) is 17.3. The second kappa shape index (κ2) is 14.2. The van der Waals surface area contributed by atoms with Gasteiger partial charge in [0.2, 0.25) is 0 Å². The Hall–Kier alpha value is -1.84. The fourth-order valence-electron chi connectivity index (χ4n) is 2.95.